The molecule has 1 amide bonds. The molecule has 1 aromatic carbocycles. The number of hydrogen-bond donors (Lipinski definition) is 1. The van der Waals surface area contributed by atoms with Crippen molar-refractivity contribution in [3.05, 3.63) is 77.1 Å². The predicted molar refractivity (Wildman–Crippen MR) is 99.5 cm³/mol. The van der Waals surface area contributed by atoms with Gasteiger partial charge in [0.05, 0.1) is 11.7 Å². The fraction of sp³-hybridized carbons (Fsp3) is 0.300. The highest BCUT2D eigenvalue weighted by atomic mass is 16.1. The lowest BCUT2D eigenvalue weighted by Gasteiger charge is -2.19. The molecule has 0 aliphatic carbocycles. The Morgan fingerprint density at radius 1 is 1.12 bits per heavy atom. The van der Waals surface area contributed by atoms with E-state index in [4.69, 9.17) is 0 Å². The van der Waals surface area contributed by atoms with Crippen molar-refractivity contribution < 1.29 is 4.79 Å². The van der Waals surface area contributed by atoms with Gasteiger partial charge >= 0.3 is 0 Å². The van der Waals surface area contributed by atoms with Gasteiger partial charge < -0.3 is 9.88 Å². The van der Waals surface area contributed by atoms with Gasteiger partial charge in [-0.15, -0.1) is 10.2 Å². The van der Waals surface area contributed by atoms with Crippen molar-refractivity contribution in [2.45, 2.75) is 32.7 Å². The Balaban J connectivity index is 1.74. The van der Waals surface area contributed by atoms with E-state index in [-0.39, 0.29) is 11.9 Å². The van der Waals surface area contributed by atoms with Crippen molar-refractivity contribution in [1.29, 1.82) is 0 Å². The van der Waals surface area contributed by atoms with Gasteiger partial charge in [-0.3, -0.25) is 9.78 Å². The summed E-state index contributed by atoms with van der Waals surface area (Å²) >= 11 is 0. The molecule has 6 nitrogen and oxygen atoms in total. The van der Waals surface area contributed by atoms with Crippen molar-refractivity contribution >= 4 is 5.91 Å². The van der Waals surface area contributed by atoms with Gasteiger partial charge in [-0.05, 0) is 31.5 Å². The largest absolute Gasteiger partial charge is 0.344 e. The Morgan fingerprint density at radius 3 is 2.50 bits per heavy atom. The Labute approximate surface area is 153 Å². The molecule has 0 aliphatic rings. The van der Waals surface area contributed by atoms with Crippen LogP contribution in [0.25, 0.3) is 0 Å². The van der Waals surface area contributed by atoms with Gasteiger partial charge in [-0.1, -0.05) is 35.9 Å². The molecule has 3 rings (SSSR count). The van der Waals surface area contributed by atoms with Gasteiger partial charge in [-0.2, -0.15) is 0 Å². The van der Waals surface area contributed by atoms with Gasteiger partial charge in [0.15, 0.2) is 0 Å². The normalized spacial score (nSPS) is 12.0. The smallest absolute Gasteiger partial charge is 0.221 e. The maximum absolute atomic E-state index is 12.6. The third-order valence-electron chi connectivity index (χ3n) is 4.46. The molecule has 1 atom stereocenters. The molecular formula is C20H23N5O. The van der Waals surface area contributed by atoms with Crippen molar-refractivity contribution in [3.63, 3.8) is 0 Å². The highest BCUT2D eigenvalue weighted by molar-refractivity contribution is 5.77. The zero-order valence-electron chi connectivity index (χ0n) is 15.3. The molecule has 0 saturated carbocycles. The number of carbonyl (C=O) groups is 1. The van der Waals surface area contributed by atoms with Gasteiger partial charge in [0, 0.05) is 26.1 Å². The van der Waals surface area contributed by atoms with Crippen molar-refractivity contribution in [2.24, 2.45) is 7.05 Å². The number of rotatable bonds is 6. The first-order valence-electron chi connectivity index (χ1n) is 8.66. The number of aryl methyl sites for hydroxylation is 3. The summed E-state index contributed by atoms with van der Waals surface area (Å²) < 4.78 is 1.91. The average molecular weight is 349 g/mol. The second kappa shape index (κ2) is 7.91. The monoisotopic (exact) mass is 349 g/mol. The third kappa shape index (κ3) is 4.14. The van der Waals surface area contributed by atoms with Gasteiger partial charge in [0.25, 0.3) is 0 Å². The number of carbonyl (C=O) groups excluding carboxylic acids is 1. The second-order valence-corrected chi connectivity index (χ2v) is 6.39. The van der Waals surface area contributed by atoms with Crippen LogP contribution in [0.2, 0.25) is 0 Å². The summed E-state index contributed by atoms with van der Waals surface area (Å²) in [6.07, 6.45) is 2.64. The summed E-state index contributed by atoms with van der Waals surface area (Å²) in [5.74, 6) is 1.61. The second-order valence-electron chi connectivity index (χ2n) is 6.39. The maximum Gasteiger partial charge on any atom is 0.221 e. The van der Waals surface area contributed by atoms with E-state index in [1.807, 2.05) is 67.9 Å². The first-order chi connectivity index (χ1) is 12.5. The minimum atomic E-state index is -0.273. The molecular weight excluding hydrogens is 326 g/mol. The molecule has 2 aromatic heterocycles. The van der Waals surface area contributed by atoms with Crippen LogP contribution in [0, 0.1) is 13.8 Å². The van der Waals surface area contributed by atoms with Gasteiger partial charge in [0.1, 0.15) is 11.6 Å². The van der Waals surface area contributed by atoms with Crippen LogP contribution in [0.4, 0.5) is 0 Å². The van der Waals surface area contributed by atoms with Crippen molar-refractivity contribution in [2.75, 3.05) is 0 Å². The molecule has 26 heavy (non-hydrogen) atoms. The number of pyridine rings is 1. The van der Waals surface area contributed by atoms with E-state index in [0.29, 0.717) is 12.8 Å². The van der Waals surface area contributed by atoms with Crippen LogP contribution in [-0.4, -0.2) is 25.7 Å². The SMILES string of the molecule is Cc1ccc(C(NC(=O)CCc2nnc(C)n2C)c2ccccn2)cc1. The highest BCUT2D eigenvalue weighted by Gasteiger charge is 2.18. The minimum Gasteiger partial charge on any atom is -0.344 e. The summed E-state index contributed by atoms with van der Waals surface area (Å²) in [4.78, 5) is 17.0. The van der Waals surface area contributed by atoms with E-state index in [2.05, 4.69) is 20.5 Å². The maximum atomic E-state index is 12.6. The molecule has 3 aromatic rings. The summed E-state index contributed by atoms with van der Waals surface area (Å²) in [6.45, 7) is 3.94. The fourth-order valence-corrected chi connectivity index (χ4v) is 2.76. The zero-order chi connectivity index (χ0) is 18.5. The number of aromatic nitrogens is 4. The molecule has 2 heterocycles. The Morgan fingerprint density at radius 2 is 1.88 bits per heavy atom. The number of benzene rings is 1. The van der Waals surface area contributed by atoms with Crippen molar-refractivity contribution in [3.8, 4) is 0 Å². The van der Waals surface area contributed by atoms with Gasteiger partial charge in [0.2, 0.25) is 5.91 Å². The first kappa shape index (κ1) is 17.8. The van der Waals surface area contributed by atoms with E-state index in [9.17, 15) is 4.79 Å². The Hall–Kier alpha value is -3.02. The molecule has 134 valence electrons. The van der Waals surface area contributed by atoms with Crippen LogP contribution < -0.4 is 5.32 Å². The molecule has 1 N–H and O–H groups in total. The molecule has 0 aliphatic heterocycles. The van der Waals surface area contributed by atoms with Crippen LogP contribution >= 0.6 is 0 Å². The number of nitrogens with zero attached hydrogens (tertiary/aromatic N) is 4. The molecule has 0 radical (unpaired) electrons. The molecule has 0 saturated heterocycles. The van der Waals surface area contributed by atoms with Crippen LogP contribution in [0.5, 0.6) is 0 Å². The van der Waals surface area contributed by atoms with Crippen LogP contribution in [0.15, 0.2) is 48.7 Å². The quantitative estimate of drug-likeness (QED) is 0.742. The summed E-state index contributed by atoms with van der Waals surface area (Å²) in [5.41, 5.74) is 3.01. The average Bonchev–Trinajstić information content (AvgIpc) is 2.98. The predicted octanol–water partition coefficient (Wildman–Crippen LogP) is 2.67. The Kier molecular flexibility index (Phi) is 5.41. The van der Waals surface area contributed by atoms with E-state index in [0.717, 1.165) is 22.9 Å². The molecule has 0 fully saturated rings. The number of amides is 1. The van der Waals surface area contributed by atoms with Gasteiger partial charge in [-0.25, -0.2) is 0 Å². The van der Waals surface area contributed by atoms with Crippen LogP contribution in [0.1, 0.15) is 40.9 Å². The lowest BCUT2D eigenvalue weighted by Crippen LogP contribution is -2.30. The topological polar surface area (TPSA) is 72.7 Å². The van der Waals surface area contributed by atoms with Crippen molar-refractivity contribution in [1.82, 2.24) is 25.1 Å². The first-order valence-corrected chi connectivity index (χ1v) is 8.66. The highest BCUT2D eigenvalue weighted by Crippen LogP contribution is 2.21. The lowest BCUT2D eigenvalue weighted by molar-refractivity contribution is -0.121. The minimum absolute atomic E-state index is 0.0399. The zero-order valence-corrected chi connectivity index (χ0v) is 15.3. The molecule has 1 unspecified atom stereocenters. The summed E-state index contributed by atoms with van der Waals surface area (Å²) in [5, 5.41) is 11.2. The Bertz CT molecular complexity index is 871. The molecule has 0 spiro atoms. The van der Waals surface area contributed by atoms with Crippen LogP contribution in [0.3, 0.4) is 0 Å². The van der Waals surface area contributed by atoms with Crippen LogP contribution in [-0.2, 0) is 18.3 Å². The van der Waals surface area contributed by atoms with E-state index in [1.54, 1.807) is 6.20 Å². The lowest BCUT2D eigenvalue weighted by atomic mass is 10.0. The summed E-state index contributed by atoms with van der Waals surface area (Å²) in [7, 11) is 1.91. The number of nitrogens with one attached hydrogen (secondary N) is 1. The molecule has 0 bridgehead atoms. The van der Waals surface area contributed by atoms with E-state index < -0.39 is 0 Å². The third-order valence-corrected chi connectivity index (χ3v) is 4.46. The fourth-order valence-electron chi connectivity index (χ4n) is 2.76. The van der Waals surface area contributed by atoms with E-state index >= 15 is 0 Å². The molecule has 6 heteroatoms. The van der Waals surface area contributed by atoms with E-state index in [1.165, 1.54) is 5.56 Å². The summed E-state index contributed by atoms with van der Waals surface area (Å²) in [6, 6.07) is 13.6. The number of hydrogen-bond acceptors (Lipinski definition) is 4. The standard InChI is InChI=1S/C20H23N5O/c1-14-7-9-16(10-8-14)20(17-6-4-5-13-21-17)22-19(26)12-11-18-24-23-15(2)25(18)3/h4-10,13,20H,11-12H2,1-3H3,(H,22,26).